The Hall–Kier alpha value is -4.29. The lowest BCUT2D eigenvalue weighted by atomic mass is 9.89. The van der Waals surface area contributed by atoms with Gasteiger partial charge < -0.3 is 24.4 Å². The van der Waals surface area contributed by atoms with E-state index in [4.69, 9.17) is 14.2 Å². The summed E-state index contributed by atoms with van der Waals surface area (Å²) >= 11 is 0. The molecule has 1 aliphatic carbocycles. The Morgan fingerprint density at radius 2 is 1.62 bits per heavy atom. The Morgan fingerprint density at radius 1 is 0.915 bits per heavy atom. The summed E-state index contributed by atoms with van der Waals surface area (Å²) in [5.74, 6) is -1.91. The number of anilines is 1. The summed E-state index contributed by atoms with van der Waals surface area (Å²) in [6.07, 6.45) is 3.92. The molecule has 3 aliphatic heterocycles. The third-order valence-corrected chi connectivity index (χ3v) is 9.01. The molecule has 3 fully saturated rings. The first-order chi connectivity index (χ1) is 22.4. The molecule has 0 spiro atoms. The van der Waals surface area contributed by atoms with Gasteiger partial charge in [-0.05, 0) is 95.3 Å². The molecule has 1 atom stereocenters. The molecule has 2 saturated heterocycles. The highest BCUT2D eigenvalue weighted by Gasteiger charge is 2.45. The monoisotopic (exact) mass is 646 g/mol. The maximum atomic E-state index is 13.1. The van der Waals surface area contributed by atoms with Crippen LogP contribution in [-0.4, -0.2) is 90.6 Å². The van der Waals surface area contributed by atoms with Crippen LogP contribution in [0.4, 0.5) is 5.69 Å². The zero-order chi connectivity index (χ0) is 33.3. The molecule has 2 aromatic carbocycles. The molecule has 47 heavy (non-hydrogen) atoms. The van der Waals surface area contributed by atoms with Crippen molar-refractivity contribution in [3.05, 3.63) is 59.2 Å². The second-order valence-electron chi connectivity index (χ2n) is 13.6. The molecule has 0 radical (unpaired) electrons. The van der Waals surface area contributed by atoms with Crippen molar-refractivity contribution in [2.75, 3.05) is 31.1 Å². The lowest BCUT2D eigenvalue weighted by molar-refractivity contribution is -0.136. The molecule has 2 aromatic rings. The average Bonchev–Trinajstić information content (AvgIpc) is 3.26. The number of nitrogens with zero attached hydrogens (tertiary/aromatic N) is 2. The summed E-state index contributed by atoms with van der Waals surface area (Å²) in [5, 5.41) is 5.73. The highest BCUT2D eigenvalue weighted by molar-refractivity contribution is 6.23. The van der Waals surface area contributed by atoms with Gasteiger partial charge in [0, 0.05) is 37.8 Å². The molecule has 1 saturated carbocycles. The number of imide groups is 2. The van der Waals surface area contributed by atoms with E-state index in [-0.39, 0.29) is 42.1 Å². The smallest absolute Gasteiger partial charge is 0.338 e. The fourth-order valence-electron chi connectivity index (χ4n) is 6.46. The molecular weight excluding hydrogens is 604 g/mol. The Bertz CT molecular complexity index is 1540. The number of amides is 4. The third kappa shape index (κ3) is 7.49. The molecule has 4 aliphatic rings. The number of esters is 1. The lowest BCUT2D eigenvalue weighted by Gasteiger charge is -2.36. The molecule has 12 heteroatoms. The van der Waals surface area contributed by atoms with Crippen molar-refractivity contribution in [1.29, 1.82) is 0 Å². The molecule has 3 heterocycles. The van der Waals surface area contributed by atoms with Crippen LogP contribution in [0.5, 0.6) is 5.75 Å². The largest absolute Gasteiger partial charge is 0.490 e. The SMILES string of the molecule is CC(C)(C)OC(=O)c1ccc(N2CCC(OCCNC3CC(Oc4ccc5c(c4)C(=O)N(C4CCC(=O)NC4=O)C5=O)C3)CC2)cc1. The summed E-state index contributed by atoms with van der Waals surface area (Å²) < 4.78 is 17.7. The van der Waals surface area contributed by atoms with E-state index in [1.165, 1.54) is 0 Å². The number of benzene rings is 2. The quantitative estimate of drug-likeness (QED) is 0.224. The van der Waals surface area contributed by atoms with E-state index in [1.54, 1.807) is 18.2 Å². The molecular formula is C35H42N4O8. The van der Waals surface area contributed by atoms with Crippen molar-refractivity contribution in [3.8, 4) is 5.75 Å². The minimum absolute atomic E-state index is 0.00700. The fraction of sp³-hybridized carbons (Fsp3) is 0.514. The number of carbonyl (C=O) groups excluding carboxylic acids is 5. The van der Waals surface area contributed by atoms with Crippen LogP contribution in [-0.2, 0) is 19.1 Å². The highest BCUT2D eigenvalue weighted by atomic mass is 16.6. The number of rotatable bonds is 10. The first-order valence-electron chi connectivity index (χ1n) is 16.4. The normalized spacial score (nSPS) is 23.3. The van der Waals surface area contributed by atoms with Crippen LogP contribution < -0.4 is 20.3 Å². The molecule has 2 N–H and O–H groups in total. The Labute approximate surface area is 274 Å². The maximum Gasteiger partial charge on any atom is 0.338 e. The summed E-state index contributed by atoms with van der Waals surface area (Å²) in [7, 11) is 0. The number of piperidine rings is 2. The first kappa shape index (κ1) is 32.6. The van der Waals surface area contributed by atoms with Gasteiger partial charge in [0.1, 0.15) is 23.5 Å². The molecule has 0 bridgehead atoms. The van der Waals surface area contributed by atoms with Gasteiger partial charge in [-0.3, -0.25) is 29.4 Å². The van der Waals surface area contributed by atoms with Gasteiger partial charge in [-0.1, -0.05) is 0 Å². The van der Waals surface area contributed by atoms with Crippen molar-refractivity contribution in [2.24, 2.45) is 0 Å². The summed E-state index contributed by atoms with van der Waals surface area (Å²) in [5.41, 5.74) is 1.57. The minimum Gasteiger partial charge on any atom is -0.490 e. The van der Waals surface area contributed by atoms with Crippen LogP contribution in [0, 0.1) is 0 Å². The van der Waals surface area contributed by atoms with E-state index in [2.05, 4.69) is 15.5 Å². The van der Waals surface area contributed by atoms with Gasteiger partial charge in [-0.25, -0.2) is 4.79 Å². The van der Waals surface area contributed by atoms with Crippen molar-refractivity contribution in [1.82, 2.24) is 15.5 Å². The maximum absolute atomic E-state index is 13.1. The molecule has 1 unspecified atom stereocenters. The van der Waals surface area contributed by atoms with E-state index >= 15 is 0 Å². The van der Waals surface area contributed by atoms with E-state index in [0.29, 0.717) is 24.0 Å². The van der Waals surface area contributed by atoms with Gasteiger partial charge >= 0.3 is 5.97 Å². The summed E-state index contributed by atoms with van der Waals surface area (Å²) in [4.78, 5) is 65.3. The van der Waals surface area contributed by atoms with Crippen LogP contribution in [0.3, 0.4) is 0 Å². The molecule has 12 nitrogen and oxygen atoms in total. The zero-order valence-corrected chi connectivity index (χ0v) is 27.1. The Morgan fingerprint density at radius 3 is 2.30 bits per heavy atom. The van der Waals surface area contributed by atoms with Crippen LogP contribution in [0.1, 0.15) is 90.4 Å². The lowest BCUT2D eigenvalue weighted by Crippen LogP contribution is -2.54. The van der Waals surface area contributed by atoms with Gasteiger partial charge in [0.25, 0.3) is 11.8 Å². The standard InChI is InChI=1S/C35H42N4O8/c1-35(2,3)47-34(44)21-4-6-23(7-5-21)38-15-12-24(13-16-38)45-17-14-36-22-18-26(19-22)46-25-8-9-27-28(20-25)33(43)39(32(27)42)29-10-11-30(40)37-31(29)41/h4-9,20,22,24,26,29,36H,10-19H2,1-3H3,(H,37,40,41). The van der Waals surface area contributed by atoms with Crippen LogP contribution in [0.15, 0.2) is 42.5 Å². The summed E-state index contributed by atoms with van der Waals surface area (Å²) in [6.45, 7) is 8.73. The number of fused-ring (bicyclic) bond motifs is 1. The minimum atomic E-state index is -0.990. The van der Waals surface area contributed by atoms with Crippen molar-refractivity contribution in [3.63, 3.8) is 0 Å². The van der Waals surface area contributed by atoms with Gasteiger partial charge in [-0.2, -0.15) is 0 Å². The van der Waals surface area contributed by atoms with Crippen molar-refractivity contribution in [2.45, 2.75) is 89.2 Å². The first-order valence-corrected chi connectivity index (χ1v) is 16.4. The van der Waals surface area contributed by atoms with E-state index in [9.17, 15) is 24.0 Å². The zero-order valence-electron chi connectivity index (χ0n) is 27.1. The topological polar surface area (TPSA) is 144 Å². The predicted octanol–water partition coefficient (Wildman–Crippen LogP) is 3.23. The van der Waals surface area contributed by atoms with Gasteiger partial charge in [0.2, 0.25) is 11.8 Å². The number of hydrogen-bond acceptors (Lipinski definition) is 10. The van der Waals surface area contributed by atoms with Gasteiger partial charge in [0.15, 0.2) is 0 Å². The third-order valence-electron chi connectivity index (χ3n) is 9.01. The Kier molecular flexibility index (Phi) is 9.34. The fourth-order valence-corrected chi connectivity index (χ4v) is 6.46. The predicted molar refractivity (Wildman–Crippen MR) is 171 cm³/mol. The average molecular weight is 647 g/mol. The molecule has 4 amide bonds. The second-order valence-corrected chi connectivity index (χ2v) is 13.6. The molecule has 6 rings (SSSR count). The number of nitrogens with one attached hydrogen (secondary N) is 2. The van der Waals surface area contributed by atoms with Gasteiger partial charge in [0.05, 0.1) is 29.4 Å². The number of carbonyl (C=O) groups is 5. The Balaban J connectivity index is 0.873. The summed E-state index contributed by atoms with van der Waals surface area (Å²) in [6, 6.07) is 11.7. The highest BCUT2D eigenvalue weighted by Crippen LogP contribution is 2.33. The van der Waals surface area contributed by atoms with E-state index < -0.39 is 35.3 Å². The van der Waals surface area contributed by atoms with Crippen LogP contribution >= 0.6 is 0 Å². The number of ether oxygens (including phenoxy) is 3. The van der Waals surface area contributed by atoms with Crippen LogP contribution in [0.2, 0.25) is 0 Å². The molecule has 250 valence electrons. The second kappa shape index (κ2) is 13.4. The van der Waals surface area contributed by atoms with Crippen molar-refractivity contribution < 1.29 is 38.2 Å². The van der Waals surface area contributed by atoms with Crippen LogP contribution in [0.25, 0.3) is 0 Å². The van der Waals surface area contributed by atoms with E-state index in [0.717, 1.165) is 55.9 Å². The van der Waals surface area contributed by atoms with E-state index in [1.807, 2.05) is 45.0 Å². The van der Waals surface area contributed by atoms with Crippen molar-refractivity contribution >= 4 is 35.3 Å². The number of hydrogen-bond donors (Lipinski definition) is 2. The molecule has 0 aromatic heterocycles. The van der Waals surface area contributed by atoms with Gasteiger partial charge in [-0.15, -0.1) is 0 Å².